The van der Waals surface area contributed by atoms with Crippen molar-refractivity contribution in [2.75, 3.05) is 5.32 Å². The van der Waals surface area contributed by atoms with Crippen molar-refractivity contribution in [1.29, 1.82) is 0 Å². The average molecular weight is 298 g/mol. The monoisotopic (exact) mass is 298 g/mol. The summed E-state index contributed by atoms with van der Waals surface area (Å²) in [6, 6.07) is 12.0. The number of hydrogen-bond donors (Lipinski definition) is 2. The van der Waals surface area contributed by atoms with Crippen molar-refractivity contribution in [3.63, 3.8) is 0 Å². The van der Waals surface area contributed by atoms with E-state index >= 15 is 0 Å². The molecular formula is C15H10N2O3S. The molecule has 0 spiro atoms. The van der Waals surface area contributed by atoms with Crippen LogP contribution in [0.3, 0.4) is 0 Å². The van der Waals surface area contributed by atoms with Crippen LogP contribution in [0.25, 0.3) is 10.1 Å². The van der Waals surface area contributed by atoms with Crippen LogP contribution in [0.15, 0.2) is 48.7 Å². The number of carbonyl (C=O) groups is 2. The molecule has 2 aromatic heterocycles. The van der Waals surface area contributed by atoms with E-state index in [0.717, 1.165) is 10.1 Å². The number of rotatable bonds is 3. The Bertz CT molecular complexity index is 827. The molecule has 5 nitrogen and oxygen atoms in total. The van der Waals surface area contributed by atoms with E-state index in [2.05, 4.69) is 10.3 Å². The number of carbonyl (C=O) groups excluding carboxylic acids is 1. The molecule has 104 valence electrons. The third kappa shape index (κ3) is 2.75. The topological polar surface area (TPSA) is 79.3 Å². The van der Waals surface area contributed by atoms with E-state index in [4.69, 9.17) is 5.11 Å². The van der Waals surface area contributed by atoms with Gasteiger partial charge in [-0.3, -0.25) is 9.78 Å². The maximum Gasteiger partial charge on any atom is 0.345 e. The molecule has 3 rings (SSSR count). The number of carboxylic acid groups (broad SMARTS) is 1. The van der Waals surface area contributed by atoms with Gasteiger partial charge in [0, 0.05) is 16.6 Å². The number of aromatic carboxylic acids is 1. The van der Waals surface area contributed by atoms with Crippen molar-refractivity contribution in [2.45, 2.75) is 0 Å². The molecule has 0 saturated heterocycles. The summed E-state index contributed by atoms with van der Waals surface area (Å²) in [5, 5.41) is 12.5. The van der Waals surface area contributed by atoms with Crippen molar-refractivity contribution in [2.24, 2.45) is 0 Å². The van der Waals surface area contributed by atoms with Gasteiger partial charge in [0.2, 0.25) is 0 Å². The van der Waals surface area contributed by atoms with Gasteiger partial charge in [-0.1, -0.05) is 6.07 Å². The molecule has 0 fully saturated rings. The Morgan fingerprint density at radius 3 is 2.71 bits per heavy atom. The summed E-state index contributed by atoms with van der Waals surface area (Å²) < 4.78 is 0.864. The quantitative estimate of drug-likeness (QED) is 0.778. The van der Waals surface area contributed by atoms with Gasteiger partial charge in [-0.25, -0.2) is 4.79 Å². The molecule has 0 aliphatic carbocycles. The fraction of sp³-hybridized carbons (Fsp3) is 0. The smallest absolute Gasteiger partial charge is 0.345 e. The van der Waals surface area contributed by atoms with Gasteiger partial charge in [-0.15, -0.1) is 11.3 Å². The van der Waals surface area contributed by atoms with Crippen LogP contribution < -0.4 is 5.32 Å². The van der Waals surface area contributed by atoms with Crippen LogP contribution in [0.2, 0.25) is 0 Å². The highest BCUT2D eigenvalue weighted by Crippen LogP contribution is 2.28. The van der Waals surface area contributed by atoms with Gasteiger partial charge < -0.3 is 10.4 Å². The molecule has 0 radical (unpaired) electrons. The number of nitrogens with one attached hydrogen (secondary N) is 1. The Balaban J connectivity index is 1.87. The number of thiophene rings is 1. The highest BCUT2D eigenvalue weighted by Gasteiger charge is 2.10. The lowest BCUT2D eigenvalue weighted by atomic mass is 10.2. The van der Waals surface area contributed by atoms with Gasteiger partial charge in [0.1, 0.15) is 10.6 Å². The first kappa shape index (κ1) is 13.3. The summed E-state index contributed by atoms with van der Waals surface area (Å²) in [7, 11) is 0. The Hall–Kier alpha value is -2.73. The summed E-state index contributed by atoms with van der Waals surface area (Å²) in [6.07, 6.45) is 1.55. The highest BCUT2D eigenvalue weighted by molar-refractivity contribution is 7.20. The first-order chi connectivity index (χ1) is 10.1. The molecule has 1 amide bonds. The van der Waals surface area contributed by atoms with Gasteiger partial charge >= 0.3 is 5.97 Å². The van der Waals surface area contributed by atoms with Crippen LogP contribution in [0, 0.1) is 0 Å². The first-order valence-corrected chi connectivity index (χ1v) is 6.94. The molecule has 0 bridgehead atoms. The number of benzene rings is 1. The second kappa shape index (κ2) is 5.34. The molecule has 1 aromatic carbocycles. The lowest BCUT2D eigenvalue weighted by molar-refractivity contribution is 0.0702. The number of carboxylic acids is 1. The Morgan fingerprint density at radius 2 is 2.00 bits per heavy atom. The molecule has 21 heavy (non-hydrogen) atoms. The second-order valence-corrected chi connectivity index (χ2v) is 5.42. The molecule has 0 saturated carbocycles. The maximum absolute atomic E-state index is 12.0. The van der Waals surface area contributed by atoms with Gasteiger partial charge in [0.25, 0.3) is 5.91 Å². The SMILES string of the molecule is O=C(Nc1ccc2sc(C(=O)O)cc2c1)c1ccccn1. The number of nitrogens with zero attached hydrogens (tertiary/aromatic N) is 1. The van der Waals surface area contributed by atoms with E-state index in [0.29, 0.717) is 11.4 Å². The minimum absolute atomic E-state index is 0.276. The van der Waals surface area contributed by atoms with Crippen LogP contribution in [0.1, 0.15) is 20.2 Å². The zero-order valence-corrected chi connectivity index (χ0v) is 11.6. The second-order valence-electron chi connectivity index (χ2n) is 4.34. The predicted octanol–water partition coefficient (Wildman–Crippen LogP) is 3.25. The van der Waals surface area contributed by atoms with Gasteiger partial charge in [0.15, 0.2) is 0 Å². The van der Waals surface area contributed by atoms with E-state index in [1.807, 2.05) is 0 Å². The molecule has 0 aliphatic heterocycles. The lowest BCUT2D eigenvalue weighted by Gasteiger charge is -2.04. The molecule has 0 aliphatic rings. The van der Waals surface area contributed by atoms with E-state index < -0.39 is 5.97 Å². The largest absolute Gasteiger partial charge is 0.477 e. The lowest BCUT2D eigenvalue weighted by Crippen LogP contribution is -2.13. The summed E-state index contributed by atoms with van der Waals surface area (Å²) in [4.78, 5) is 27.2. The van der Waals surface area contributed by atoms with Crippen molar-refractivity contribution in [1.82, 2.24) is 4.98 Å². The number of aromatic nitrogens is 1. The van der Waals surface area contributed by atoms with E-state index in [9.17, 15) is 9.59 Å². The van der Waals surface area contributed by atoms with Crippen molar-refractivity contribution in [3.05, 3.63) is 59.2 Å². The number of anilines is 1. The van der Waals surface area contributed by atoms with Crippen LogP contribution in [-0.2, 0) is 0 Å². The third-order valence-corrected chi connectivity index (χ3v) is 3.99. The summed E-state index contributed by atoms with van der Waals surface area (Å²) >= 11 is 1.20. The van der Waals surface area contributed by atoms with Crippen molar-refractivity contribution < 1.29 is 14.7 Å². The minimum Gasteiger partial charge on any atom is -0.477 e. The minimum atomic E-state index is -0.949. The van der Waals surface area contributed by atoms with E-state index in [1.54, 1.807) is 48.7 Å². The third-order valence-electron chi connectivity index (χ3n) is 2.88. The van der Waals surface area contributed by atoms with Crippen LogP contribution in [-0.4, -0.2) is 22.0 Å². The van der Waals surface area contributed by atoms with Crippen molar-refractivity contribution in [3.8, 4) is 0 Å². The van der Waals surface area contributed by atoms with Crippen LogP contribution >= 0.6 is 11.3 Å². The molecule has 0 atom stereocenters. The summed E-state index contributed by atoms with van der Waals surface area (Å²) in [5.74, 6) is -1.25. The summed E-state index contributed by atoms with van der Waals surface area (Å²) in [6.45, 7) is 0. The van der Waals surface area contributed by atoms with Crippen molar-refractivity contribution >= 4 is 39.0 Å². The van der Waals surface area contributed by atoms with Gasteiger partial charge in [-0.05, 0) is 41.8 Å². The molecular weight excluding hydrogens is 288 g/mol. The Morgan fingerprint density at radius 1 is 1.14 bits per heavy atom. The van der Waals surface area contributed by atoms with Crippen LogP contribution in [0.5, 0.6) is 0 Å². The number of fused-ring (bicyclic) bond motifs is 1. The normalized spacial score (nSPS) is 10.5. The zero-order valence-electron chi connectivity index (χ0n) is 10.7. The average Bonchev–Trinajstić information content (AvgIpc) is 2.91. The van der Waals surface area contributed by atoms with Gasteiger partial charge in [0.05, 0.1) is 0 Å². The standard InChI is InChI=1S/C15H10N2O3S/c18-14(11-3-1-2-6-16-11)17-10-4-5-12-9(7-10)8-13(21-12)15(19)20/h1-8H,(H,17,18)(H,19,20). The Labute approximate surface area is 123 Å². The maximum atomic E-state index is 12.0. The van der Waals surface area contributed by atoms with E-state index in [-0.39, 0.29) is 10.8 Å². The Kier molecular flexibility index (Phi) is 3.37. The molecule has 0 unspecified atom stereocenters. The predicted molar refractivity (Wildman–Crippen MR) is 81.0 cm³/mol. The number of amides is 1. The fourth-order valence-corrected chi connectivity index (χ4v) is 2.80. The highest BCUT2D eigenvalue weighted by atomic mass is 32.1. The number of hydrogen-bond acceptors (Lipinski definition) is 4. The molecule has 2 heterocycles. The zero-order chi connectivity index (χ0) is 14.8. The van der Waals surface area contributed by atoms with E-state index in [1.165, 1.54) is 11.3 Å². The molecule has 3 aromatic rings. The fourth-order valence-electron chi connectivity index (χ4n) is 1.92. The number of pyridine rings is 1. The van der Waals surface area contributed by atoms with Gasteiger partial charge in [-0.2, -0.15) is 0 Å². The summed E-state index contributed by atoms with van der Waals surface area (Å²) in [5.41, 5.74) is 0.932. The van der Waals surface area contributed by atoms with Crippen LogP contribution in [0.4, 0.5) is 5.69 Å². The molecule has 6 heteroatoms. The first-order valence-electron chi connectivity index (χ1n) is 6.13. The molecule has 2 N–H and O–H groups in total.